The van der Waals surface area contributed by atoms with E-state index in [1.165, 1.54) is 0 Å². The Hall–Kier alpha value is -3.00. The molecule has 3 heterocycles. The maximum absolute atomic E-state index is 12.2. The smallest absolute Gasteiger partial charge is 0.322 e. The summed E-state index contributed by atoms with van der Waals surface area (Å²) in [5.41, 5.74) is 1.24. The lowest BCUT2D eigenvalue weighted by molar-refractivity contribution is -0.125. The molecule has 8 nitrogen and oxygen atoms in total. The predicted molar refractivity (Wildman–Crippen MR) is 112 cm³/mol. The van der Waals surface area contributed by atoms with E-state index in [4.69, 9.17) is 9.47 Å². The van der Waals surface area contributed by atoms with E-state index in [9.17, 15) is 9.59 Å². The van der Waals surface area contributed by atoms with Gasteiger partial charge in [-0.2, -0.15) is 0 Å². The highest BCUT2D eigenvalue weighted by molar-refractivity contribution is 6.07. The molecule has 2 N–H and O–H groups in total. The van der Waals surface area contributed by atoms with E-state index in [-0.39, 0.29) is 5.91 Å². The number of aromatic nitrogens is 1. The molecule has 1 spiro atoms. The van der Waals surface area contributed by atoms with Gasteiger partial charge in [-0.3, -0.25) is 15.0 Å². The molecule has 2 aliphatic heterocycles. The van der Waals surface area contributed by atoms with Crippen LogP contribution < -0.4 is 20.1 Å². The van der Waals surface area contributed by atoms with Crippen LogP contribution in [0.4, 0.5) is 4.79 Å². The highest BCUT2D eigenvalue weighted by Crippen LogP contribution is 2.36. The maximum atomic E-state index is 12.2. The van der Waals surface area contributed by atoms with Gasteiger partial charge in [0.1, 0.15) is 22.7 Å². The van der Waals surface area contributed by atoms with Crippen molar-refractivity contribution in [3.63, 3.8) is 0 Å². The number of ether oxygens (including phenoxy) is 2. The quantitative estimate of drug-likeness (QED) is 0.683. The van der Waals surface area contributed by atoms with Crippen LogP contribution in [-0.4, -0.2) is 53.2 Å². The molecule has 0 radical (unpaired) electrons. The van der Waals surface area contributed by atoms with Crippen LogP contribution in [0.3, 0.4) is 0 Å². The van der Waals surface area contributed by atoms with E-state index in [1.807, 2.05) is 42.9 Å². The summed E-state index contributed by atoms with van der Waals surface area (Å²) in [4.78, 5) is 26.0. The second-order valence-electron chi connectivity index (χ2n) is 7.66. The van der Waals surface area contributed by atoms with Gasteiger partial charge in [-0.15, -0.1) is 0 Å². The fourth-order valence-corrected chi connectivity index (χ4v) is 4.23. The summed E-state index contributed by atoms with van der Waals surface area (Å²) in [5.74, 6) is 1.36. The minimum Gasteiger partial charge on any atom is -0.492 e. The van der Waals surface area contributed by atoms with E-state index in [0.717, 1.165) is 42.4 Å². The number of amides is 3. The number of imide groups is 1. The minimum atomic E-state index is -0.751. The van der Waals surface area contributed by atoms with Gasteiger partial charge in [0.05, 0.1) is 13.2 Å². The second-order valence-corrected chi connectivity index (χ2v) is 7.66. The lowest BCUT2D eigenvalue weighted by Crippen LogP contribution is -2.54. The zero-order valence-electron chi connectivity index (χ0n) is 17.4. The van der Waals surface area contributed by atoms with Crippen molar-refractivity contribution in [2.75, 3.05) is 26.3 Å². The number of likely N-dealkylation sites (tertiary alicyclic amines) is 1. The Kier molecular flexibility index (Phi) is 5.67. The number of rotatable bonds is 7. The maximum Gasteiger partial charge on any atom is 0.322 e. The Morgan fingerprint density at radius 2 is 1.60 bits per heavy atom. The molecule has 8 heteroatoms. The number of hydrogen-bond acceptors (Lipinski definition) is 5. The number of carbonyl (C=O) groups is 2. The van der Waals surface area contributed by atoms with Gasteiger partial charge in [-0.25, -0.2) is 4.79 Å². The standard InChI is InChI=1S/C22H28N4O4/c1-3-29-17-13-16(14-18(30-4-2)19(17)26-9-5-6-10-26)15-25-11-7-22(8-12-25)20(27)23-21(28)24-22/h5-6,9-10,13-14H,3-4,7-8,11-12,15H2,1-2H3,(H2,23,24,27,28). The third kappa shape index (κ3) is 3.87. The Morgan fingerprint density at radius 3 is 2.10 bits per heavy atom. The number of benzene rings is 1. The van der Waals surface area contributed by atoms with Crippen LogP contribution in [0.2, 0.25) is 0 Å². The zero-order chi connectivity index (χ0) is 21.1. The molecule has 30 heavy (non-hydrogen) atoms. The molecule has 160 valence electrons. The lowest BCUT2D eigenvalue weighted by Gasteiger charge is -2.37. The van der Waals surface area contributed by atoms with Gasteiger partial charge in [0.15, 0.2) is 0 Å². The van der Waals surface area contributed by atoms with Gasteiger partial charge in [-0.1, -0.05) is 0 Å². The van der Waals surface area contributed by atoms with Crippen molar-refractivity contribution >= 4 is 11.9 Å². The van der Waals surface area contributed by atoms with Crippen molar-refractivity contribution in [2.24, 2.45) is 0 Å². The van der Waals surface area contributed by atoms with E-state index in [2.05, 4.69) is 27.7 Å². The van der Waals surface area contributed by atoms with Gasteiger partial charge in [-0.05, 0) is 56.5 Å². The monoisotopic (exact) mass is 412 g/mol. The molecule has 0 aliphatic carbocycles. The van der Waals surface area contributed by atoms with E-state index in [1.54, 1.807) is 0 Å². The number of carbonyl (C=O) groups excluding carboxylic acids is 2. The first-order valence-electron chi connectivity index (χ1n) is 10.5. The van der Waals surface area contributed by atoms with Crippen molar-refractivity contribution in [1.29, 1.82) is 0 Å². The number of urea groups is 1. The molecular formula is C22H28N4O4. The van der Waals surface area contributed by atoms with E-state index >= 15 is 0 Å². The molecule has 2 fully saturated rings. The highest BCUT2D eigenvalue weighted by Gasteiger charge is 2.47. The van der Waals surface area contributed by atoms with Gasteiger partial charge < -0.3 is 19.4 Å². The van der Waals surface area contributed by atoms with Crippen molar-refractivity contribution in [3.05, 3.63) is 42.2 Å². The number of nitrogens with zero attached hydrogens (tertiary/aromatic N) is 2. The first-order chi connectivity index (χ1) is 14.5. The topological polar surface area (TPSA) is 84.8 Å². The Balaban J connectivity index is 1.55. The van der Waals surface area contributed by atoms with Crippen LogP contribution in [0.5, 0.6) is 11.5 Å². The number of hydrogen-bond donors (Lipinski definition) is 2. The molecule has 0 unspecified atom stereocenters. The first kappa shape index (κ1) is 20.3. The highest BCUT2D eigenvalue weighted by atomic mass is 16.5. The molecule has 2 saturated heterocycles. The SMILES string of the molecule is CCOc1cc(CN2CCC3(CC2)NC(=O)NC3=O)cc(OCC)c1-n1cccc1. The molecule has 2 aromatic rings. The fourth-order valence-electron chi connectivity index (χ4n) is 4.23. The van der Waals surface area contributed by atoms with E-state index < -0.39 is 11.6 Å². The summed E-state index contributed by atoms with van der Waals surface area (Å²) >= 11 is 0. The van der Waals surface area contributed by atoms with Gasteiger partial charge in [0.25, 0.3) is 5.91 Å². The van der Waals surface area contributed by atoms with Crippen molar-refractivity contribution < 1.29 is 19.1 Å². The number of piperidine rings is 1. The molecule has 0 bridgehead atoms. The summed E-state index contributed by atoms with van der Waals surface area (Å²) in [6, 6.07) is 7.68. The molecule has 0 atom stereocenters. The molecule has 0 saturated carbocycles. The van der Waals surface area contributed by atoms with Crippen LogP contribution in [0.15, 0.2) is 36.7 Å². The molecule has 1 aromatic carbocycles. The predicted octanol–water partition coefficient (Wildman–Crippen LogP) is 2.45. The Labute approximate surface area is 176 Å². The zero-order valence-corrected chi connectivity index (χ0v) is 17.4. The molecule has 4 rings (SSSR count). The molecular weight excluding hydrogens is 384 g/mol. The van der Waals surface area contributed by atoms with Crippen molar-refractivity contribution in [1.82, 2.24) is 20.1 Å². The summed E-state index contributed by atoms with van der Waals surface area (Å²) in [6.07, 6.45) is 5.15. The molecule has 1 aromatic heterocycles. The van der Waals surface area contributed by atoms with Crippen LogP contribution in [0.25, 0.3) is 5.69 Å². The van der Waals surface area contributed by atoms with Crippen LogP contribution in [0, 0.1) is 0 Å². The molecule has 3 amide bonds. The van der Waals surface area contributed by atoms with Crippen LogP contribution >= 0.6 is 0 Å². The van der Waals surface area contributed by atoms with Crippen LogP contribution in [0.1, 0.15) is 32.3 Å². The van der Waals surface area contributed by atoms with E-state index in [0.29, 0.717) is 26.1 Å². The average Bonchev–Trinajstić information content (AvgIpc) is 3.33. The summed E-state index contributed by atoms with van der Waals surface area (Å²) < 4.78 is 13.9. The van der Waals surface area contributed by atoms with Gasteiger partial charge in [0.2, 0.25) is 0 Å². The van der Waals surface area contributed by atoms with Gasteiger partial charge in [0, 0.05) is 32.0 Å². The largest absolute Gasteiger partial charge is 0.492 e. The fraction of sp³-hybridized carbons (Fsp3) is 0.455. The third-order valence-corrected chi connectivity index (χ3v) is 5.69. The summed E-state index contributed by atoms with van der Waals surface area (Å²) in [5, 5.41) is 5.17. The first-order valence-corrected chi connectivity index (χ1v) is 10.5. The lowest BCUT2D eigenvalue weighted by atomic mass is 9.87. The Bertz CT molecular complexity index is 890. The van der Waals surface area contributed by atoms with Gasteiger partial charge >= 0.3 is 6.03 Å². The summed E-state index contributed by atoms with van der Waals surface area (Å²) in [6.45, 7) is 7.23. The Morgan fingerprint density at radius 1 is 1.00 bits per heavy atom. The summed E-state index contributed by atoms with van der Waals surface area (Å²) in [7, 11) is 0. The normalized spacial score (nSPS) is 18.3. The van der Waals surface area contributed by atoms with Crippen molar-refractivity contribution in [2.45, 2.75) is 38.8 Å². The van der Waals surface area contributed by atoms with Crippen molar-refractivity contribution in [3.8, 4) is 17.2 Å². The molecule has 2 aliphatic rings. The third-order valence-electron chi connectivity index (χ3n) is 5.69. The minimum absolute atomic E-state index is 0.208. The van der Waals surface area contributed by atoms with Crippen LogP contribution in [-0.2, 0) is 11.3 Å². The average molecular weight is 412 g/mol. The second kappa shape index (κ2) is 8.39. The number of nitrogens with one attached hydrogen (secondary N) is 2.